The summed E-state index contributed by atoms with van der Waals surface area (Å²) in [6, 6.07) is 8.60. The molecule has 4 nitrogen and oxygen atoms in total. The molecule has 1 N–H and O–H groups in total. The van der Waals surface area contributed by atoms with Gasteiger partial charge in [0.15, 0.2) is 0 Å². The van der Waals surface area contributed by atoms with Gasteiger partial charge in [0.2, 0.25) is 0 Å². The van der Waals surface area contributed by atoms with E-state index in [0.29, 0.717) is 0 Å². The van der Waals surface area contributed by atoms with Gasteiger partial charge < -0.3 is 5.32 Å². The highest BCUT2D eigenvalue weighted by molar-refractivity contribution is 5.85. The van der Waals surface area contributed by atoms with Crippen molar-refractivity contribution in [3.05, 3.63) is 30.0 Å². The first kappa shape index (κ1) is 17.3. The Labute approximate surface area is 139 Å². The van der Waals surface area contributed by atoms with Gasteiger partial charge in [-0.1, -0.05) is 18.2 Å². The molecule has 1 aromatic carbocycles. The number of halogens is 1. The van der Waals surface area contributed by atoms with Crippen molar-refractivity contribution in [1.82, 2.24) is 20.0 Å². The van der Waals surface area contributed by atoms with Crippen LogP contribution in [-0.4, -0.2) is 41.4 Å². The smallest absolute Gasteiger partial charge is 0.0843 e. The van der Waals surface area contributed by atoms with E-state index in [9.17, 15) is 0 Å². The maximum atomic E-state index is 4.83. The minimum Gasteiger partial charge on any atom is -0.319 e. The van der Waals surface area contributed by atoms with Crippen molar-refractivity contribution in [2.45, 2.75) is 32.9 Å². The fourth-order valence-electron chi connectivity index (χ4n) is 3.52. The zero-order valence-electron chi connectivity index (χ0n) is 13.6. The van der Waals surface area contributed by atoms with Gasteiger partial charge in [-0.2, -0.15) is 5.10 Å². The molecule has 1 unspecified atom stereocenters. The van der Waals surface area contributed by atoms with Crippen molar-refractivity contribution in [3.63, 3.8) is 0 Å². The molecule has 22 heavy (non-hydrogen) atoms. The van der Waals surface area contributed by atoms with Crippen LogP contribution in [-0.2, 0) is 13.1 Å². The van der Waals surface area contributed by atoms with Gasteiger partial charge in [0.1, 0.15) is 0 Å². The maximum absolute atomic E-state index is 4.83. The summed E-state index contributed by atoms with van der Waals surface area (Å²) in [7, 11) is 2.05. The molecule has 0 aliphatic carbocycles. The molecule has 0 radical (unpaired) electrons. The second kappa shape index (κ2) is 7.95. The lowest BCUT2D eigenvalue weighted by atomic mass is 9.98. The third-order valence-electron chi connectivity index (χ3n) is 4.50. The van der Waals surface area contributed by atoms with Crippen molar-refractivity contribution < 1.29 is 0 Å². The molecule has 1 aliphatic rings. The number of hydrogen-bond donors (Lipinski definition) is 1. The molecule has 1 aliphatic heterocycles. The van der Waals surface area contributed by atoms with Gasteiger partial charge in [0.05, 0.1) is 11.2 Å². The average molecular weight is 323 g/mol. The van der Waals surface area contributed by atoms with Gasteiger partial charge in [0, 0.05) is 25.0 Å². The van der Waals surface area contributed by atoms with Crippen LogP contribution in [0.5, 0.6) is 0 Å². The molecule has 2 aromatic rings. The number of aromatic nitrogens is 2. The Bertz CT molecular complexity index is 593. The van der Waals surface area contributed by atoms with Crippen LogP contribution >= 0.6 is 12.4 Å². The summed E-state index contributed by atoms with van der Waals surface area (Å²) >= 11 is 0. The summed E-state index contributed by atoms with van der Waals surface area (Å²) in [5.41, 5.74) is 2.50. The topological polar surface area (TPSA) is 33.1 Å². The Morgan fingerprint density at radius 1 is 1.32 bits per heavy atom. The molecule has 1 aromatic heterocycles. The van der Waals surface area contributed by atoms with E-state index in [1.807, 2.05) is 0 Å². The highest BCUT2D eigenvalue weighted by atomic mass is 35.5. The summed E-state index contributed by atoms with van der Waals surface area (Å²) < 4.78 is 2.12. The molecule has 1 fully saturated rings. The van der Waals surface area contributed by atoms with Gasteiger partial charge in [0.25, 0.3) is 0 Å². The summed E-state index contributed by atoms with van der Waals surface area (Å²) in [5, 5.41) is 9.47. The molecule has 0 spiro atoms. The van der Waals surface area contributed by atoms with Crippen molar-refractivity contribution in [2.75, 3.05) is 26.7 Å². The van der Waals surface area contributed by atoms with Gasteiger partial charge in [-0.15, -0.1) is 12.4 Å². The lowest BCUT2D eigenvalue weighted by Crippen LogP contribution is -2.38. The Hall–Kier alpha value is -1.10. The number of nitrogens with one attached hydrogen (secondary N) is 1. The van der Waals surface area contributed by atoms with Gasteiger partial charge in [-0.3, -0.25) is 9.58 Å². The second-order valence-corrected chi connectivity index (χ2v) is 6.08. The number of para-hydroxylation sites is 1. The van der Waals surface area contributed by atoms with Gasteiger partial charge in [-0.25, -0.2) is 0 Å². The summed E-state index contributed by atoms with van der Waals surface area (Å²) in [6.07, 6.45) is 2.65. The number of hydrogen-bond acceptors (Lipinski definition) is 3. The normalized spacial score (nSPS) is 19.3. The first-order valence-electron chi connectivity index (χ1n) is 8.13. The van der Waals surface area contributed by atoms with Crippen LogP contribution in [0.15, 0.2) is 24.3 Å². The predicted octanol–water partition coefficient (Wildman–Crippen LogP) is 2.91. The second-order valence-electron chi connectivity index (χ2n) is 6.08. The molecule has 0 saturated carbocycles. The molecule has 2 heterocycles. The number of benzene rings is 1. The molecular formula is C17H27ClN4. The number of fused-ring (bicyclic) bond motifs is 1. The maximum Gasteiger partial charge on any atom is 0.0843 e. The fraction of sp³-hybridized carbons (Fsp3) is 0.588. The fourth-order valence-corrected chi connectivity index (χ4v) is 3.52. The van der Waals surface area contributed by atoms with Gasteiger partial charge >= 0.3 is 0 Å². The van der Waals surface area contributed by atoms with Crippen molar-refractivity contribution >= 4 is 23.3 Å². The molecular weight excluding hydrogens is 296 g/mol. The highest BCUT2D eigenvalue weighted by Crippen LogP contribution is 2.22. The molecule has 122 valence electrons. The predicted molar refractivity (Wildman–Crippen MR) is 94.6 cm³/mol. The SMILES string of the molecule is CCn1nc(CN2CCCC(CNC)C2)c2ccccc21.Cl. The third kappa shape index (κ3) is 3.62. The Morgan fingerprint density at radius 3 is 2.91 bits per heavy atom. The summed E-state index contributed by atoms with van der Waals surface area (Å²) in [4.78, 5) is 2.57. The van der Waals surface area contributed by atoms with Crippen LogP contribution in [0.3, 0.4) is 0 Å². The first-order chi connectivity index (χ1) is 10.3. The monoisotopic (exact) mass is 322 g/mol. The Balaban J connectivity index is 0.00000176. The number of rotatable bonds is 5. The molecule has 3 rings (SSSR count). The van der Waals surface area contributed by atoms with E-state index < -0.39 is 0 Å². The molecule has 5 heteroatoms. The zero-order valence-corrected chi connectivity index (χ0v) is 14.4. The quantitative estimate of drug-likeness (QED) is 0.919. The highest BCUT2D eigenvalue weighted by Gasteiger charge is 2.21. The minimum absolute atomic E-state index is 0. The largest absolute Gasteiger partial charge is 0.319 e. The number of piperidine rings is 1. The standard InChI is InChI=1S/C17H26N4.ClH/c1-3-21-17-9-5-4-8-15(17)16(19-21)13-20-10-6-7-14(12-20)11-18-2;/h4-5,8-9,14,18H,3,6-7,10-13H2,1-2H3;1H. The van der Waals surface area contributed by atoms with Crippen molar-refractivity contribution in [1.29, 1.82) is 0 Å². The van der Waals surface area contributed by atoms with Crippen LogP contribution in [0, 0.1) is 5.92 Å². The first-order valence-corrected chi connectivity index (χ1v) is 8.13. The van der Waals surface area contributed by atoms with E-state index in [1.165, 1.54) is 42.5 Å². The molecule has 1 saturated heterocycles. The molecule has 0 amide bonds. The Kier molecular flexibility index (Phi) is 6.24. The lowest BCUT2D eigenvalue weighted by molar-refractivity contribution is 0.165. The third-order valence-corrected chi connectivity index (χ3v) is 4.50. The van der Waals surface area contributed by atoms with E-state index in [0.717, 1.165) is 25.6 Å². The number of aryl methyl sites for hydroxylation is 1. The Morgan fingerprint density at radius 2 is 2.14 bits per heavy atom. The minimum atomic E-state index is 0. The summed E-state index contributed by atoms with van der Waals surface area (Å²) in [5.74, 6) is 0.781. The lowest BCUT2D eigenvalue weighted by Gasteiger charge is -2.32. The van der Waals surface area contributed by atoms with Crippen LogP contribution in [0.2, 0.25) is 0 Å². The molecule has 0 bridgehead atoms. The van der Waals surface area contributed by atoms with Gasteiger partial charge in [-0.05, 0) is 51.9 Å². The molecule has 1 atom stereocenters. The van der Waals surface area contributed by atoms with Crippen LogP contribution < -0.4 is 5.32 Å². The number of nitrogens with zero attached hydrogens (tertiary/aromatic N) is 3. The van der Waals surface area contributed by atoms with E-state index in [1.54, 1.807) is 0 Å². The van der Waals surface area contributed by atoms with E-state index in [2.05, 4.69) is 53.1 Å². The summed E-state index contributed by atoms with van der Waals surface area (Å²) in [6.45, 7) is 7.59. The van der Waals surface area contributed by atoms with E-state index >= 15 is 0 Å². The van der Waals surface area contributed by atoms with Crippen molar-refractivity contribution in [3.8, 4) is 0 Å². The van der Waals surface area contributed by atoms with E-state index in [4.69, 9.17) is 5.10 Å². The van der Waals surface area contributed by atoms with E-state index in [-0.39, 0.29) is 12.4 Å². The van der Waals surface area contributed by atoms with Crippen LogP contribution in [0.1, 0.15) is 25.5 Å². The average Bonchev–Trinajstić information content (AvgIpc) is 2.86. The van der Waals surface area contributed by atoms with Crippen LogP contribution in [0.25, 0.3) is 10.9 Å². The zero-order chi connectivity index (χ0) is 14.7. The van der Waals surface area contributed by atoms with Crippen LogP contribution in [0.4, 0.5) is 0 Å². The van der Waals surface area contributed by atoms with Crippen molar-refractivity contribution in [2.24, 2.45) is 5.92 Å². The number of likely N-dealkylation sites (tertiary alicyclic amines) is 1.